The molecule has 172 valence electrons. The number of aryl methyl sites for hydroxylation is 1. The summed E-state index contributed by atoms with van der Waals surface area (Å²) in [5, 5.41) is 0. The van der Waals surface area contributed by atoms with Crippen LogP contribution in [-0.4, -0.2) is 11.1 Å². The normalized spacial score (nSPS) is 13.4. The molecule has 0 saturated carbocycles. The van der Waals surface area contributed by atoms with Crippen LogP contribution in [-0.2, 0) is 5.54 Å². The van der Waals surface area contributed by atoms with Gasteiger partial charge < -0.3 is 13.9 Å². The minimum absolute atomic E-state index is 0.133. The van der Waals surface area contributed by atoms with Gasteiger partial charge in [0, 0.05) is 11.1 Å². The van der Waals surface area contributed by atoms with Crippen molar-refractivity contribution in [3.05, 3.63) is 119 Å². The van der Waals surface area contributed by atoms with Gasteiger partial charge in [-0.25, -0.2) is 10.2 Å². The van der Waals surface area contributed by atoms with Crippen LogP contribution in [0.25, 0.3) is 11.1 Å². The van der Waals surface area contributed by atoms with Gasteiger partial charge in [-0.3, -0.25) is 5.43 Å². The van der Waals surface area contributed by atoms with Crippen molar-refractivity contribution < 1.29 is 18.7 Å². The first-order valence-electron chi connectivity index (χ1n) is 11.2. The van der Waals surface area contributed by atoms with Crippen LogP contribution in [0, 0.1) is 6.92 Å². The smallest absolute Gasteiger partial charge is 0.430 e. The summed E-state index contributed by atoms with van der Waals surface area (Å²) >= 11 is 0. The van der Waals surface area contributed by atoms with Crippen molar-refractivity contribution in [3.63, 3.8) is 0 Å². The van der Waals surface area contributed by atoms with Crippen LogP contribution in [0.15, 0.2) is 101 Å². The van der Waals surface area contributed by atoms with Gasteiger partial charge in [0.25, 0.3) is 0 Å². The highest BCUT2D eigenvalue weighted by atomic mass is 16.6. The van der Waals surface area contributed by atoms with Crippen molar-refractivity contribution in [2.45, 2.75) is 12.5 Å². The van der Waals surface area contributed by atoms with Gasteiger partial charge in [-0.05, 0) is 42.3 Å². The highest BCUT2D eigenvalue weighted by Gasteiger charge is 2.44. The summed E-state index contributed by atoms with van der Waals surface area (Å²) in [6.07, 6.45) is -0.892. The number of carbonyl (C=O) groups excluding carboxylic acids is 1. The Morgan fingerprint density at radius 3 is 2.23 bits per heavy atom. The van der Waals surface area contributed by atoms with Gasteiger partial charge in [0.2, 0.25) is 0 Å². The summed E-state index contributed by atoms with van der Waals surface area (Å²) in [6, 6.07) is 30.9. The number of rotatable bonds is 4. The van der Waals surface area contributed by atoms with E-state index in [2.05, 4.69) is 15.8 Å². The second-order valence-corrected chi connectivity index (χ2v) is 8.30. The Morgan fingerprint density at radius 2 is 1.51 bits per heavy atom. The number of ether oxygens (including phenoxy) is 2. The molecule has 0 spiro atoms. The summed E-state index contributed by atoms with van der Waals surface area (Å²) in [6.45, 7) is 1.96. The summed E-state index contributed by atoms with van der Waals surface area (Å²) in [4.78, 5) is 17.1. The van der Waals surface area contributed by atoms with Gasteiger partial charge in [0.05, 0.1) is 0 Å². The number of para-hydroxylation sites is 2. The fraction of sp³-hybridized carbons (Fsp3) is 0.0714. The molecule has 2 N–H and O–H groups in total. The van der Waals surface area contributed by atoms with E-state index in [1.807, 2.05) is 97.9 Å². The molecule has 7 heteroatoms. The number of nitrogens with one attached hydrogen (secondary N) is 2. The van der Waals surface area contributed by atoms with Crippen LogP contribution in [0.5, 0.6) is 17.6 Å². The predicted molar refractivity (Wildman–Crippen MR) is 130 cm³/mol. The molecule has 0 aliphatic carbocycles. The van der Waals surface area contributed by atoms with Crippen LogP contribution >= 0.6 is 0 Å². The zero-order valence-electron chi connectivity index (χ0n) is 18.8. The first kappa shape index (κ1) is 20.9. The Morgan fingerprint density at radius 1 is 0.857 bits per heavy atom. The van der Waals surface area contributed by atoms with Crippen LogP contribution in [0.3, 0.4) is 0 Å². The number of benzene rings is 4. The standard InChI is InChI=1S/C28H21N3O4/c1-18-15-16-25-22(17-18)29-27(34-25)35-26(32)30-31-28(19-9-3-2-4-10-19)20-11-5-7-13-23(20)33-24-14-8-6-12-21(24)28/h2-17,31H,1H3,(H,30,32). The molecule has 1 aliphatic rings. The maximum Gasteiger partial charge on any atom is 0.430 e. The molecule has 35 heavy (non-hydrogen) atoms. The number of hydrogen-bond acceptors (Lipinski definition) is 6. The zero-order valence-corrected chi connectivity index (χ0v) is 18.8. The van der Waals surface area contributed by atoms with Gasteiger partial charge in [0.1, 0.15) is 22.6 Å². The largest absolute Gasteiger partial charge is 0.457 e. The highest BCUT2D eigenvalue weighted by molar-refractivity contribution is 5.75. The number of aromatic nitrogens is 1. The van der Waals surface area contributed by atoms with E-state index in [-0.39, 0.29) is 6.08 Å². The van der Waals surface area contributed by atoms with Crippen LogP contribution in [0.2, 0.25) is 0 Å². The number of fused-ring (bicyclic) bond motifs is 3. The van der Waals surface area contributed by atoms with Gasteiger partial charge in [0.15, 0.2) is 5.58 Å². The summed E-state index contributed by atoms with van der Waals surface area (Å²) in [5.74, 6) is 1.37. The van der Waals surface area contributed by atoms with E-state index in [9.17, 15) is 4.79 Å². The second kappa shape index (κ2) is 8.30. The summed E-state index contributed by atoms with van der Waals surface area (Å²) in [5.41, 5.74) is 9.83. The van der Waals surface area contributed by atoms with E-state index >= 15 is 0 Å². The average molecular weight is 463 g/mol. The molecule has 7 nitrogen and oxygen atoms in total. The van der Waals surface area contributed by atoms with Crippen molar-refractivity contribution in [2.24, 2.45) is 0 Å². The summed E-state index contributed by atoms with van der Waals surface area (Å²) in [7, 11) is 0. The molecule has 0 fully saturated rings. The molecule has 0 unspecified atom stereocenters. The topological polar surface area (TPSA) is 85.6 Å². The molecule has 1 amide bonds. The van der Waals surface area contributed by atoms with E-state index < -0.39 is 11.6 Å². The molecule has 0 radical (unpaired) electrons. The molecule has 1 aliphatic heterocycles. The number of carbonyl (C=O) groups is 1. The second-order valence-electron chi connectivity index (χ2n) is 8.30. The van der Waals surface area contributed by atoms with Crippen molar-refractivity contribution >= 4 is 17.2 Å². The third-order valence-electron chi connectivity index (χ3n) is 6.06. The minimum Gasteiger partial charge on any atom is -0.457 e. The van der Waals surface area contributed by atoms with E-state index in [1.165, 1.54) is 0 Å². The Kier molecular flexibility index (Phi) is 4.97. The Balaban J connectivity index is 1.38. The lowest BCUT2D eigenvalue weighted by atomic mass is 9.75. The fourth-order valence-corrected chi connectivity index (χ4v) is 4.51. The maximum absolute atomic E-state index is 12.9. The number of oxazole rings is 1. The first-order chi connectivity index (χ1) is 17.1. The van der Waals surface area contributed by atoms with E-state index in [0.29, 0.717) is 22.6 Å². The molecular formula is C28H21N3O4. The zero-order chi connectivity index (χ0) is 23.8. The molecule has 4 aromatic carbocycles. The third kappa shape index (κ3) is 3.59. The van der Waals surface area contributed by atoms with Crippen LogP contribution < -0.4 is 20.3 Å². The van der Waals surface area contributed by atoms with E-state index in [0.717, 1.165) is 22.3 Å². The predicted octanol–water partition coefficient (Wildman–Crippen LogP) is 5.83. The van der Waals surface area contributed by atoms with E-state index in [4.69, 9.17) is 13.9 Å². The molecule has 1 aromatic heterocycles. The lowest BCUT2D eigenvalue weighted by Gasteiger charge is -2.41. The van der Waals surface area contributed by atoms with E-state index in [1.54, 1.807) is 6.07 Å². The Labute approximate surface area is 201 Å². The Hall–Kier alpha value is -4.62. The van der Waals surface area contributed by atoms with Gasteiger partial charge in [-0.1, -0.05) is 72.8 Å². The van der Waals surface area contributed by atoms with Crippen molar-refractivity contribution in [3.8, 4) is 17.6 Å². The van der Waals surface area contributed by atoms with Crippen molar-refractivity contribution in [2.75, 3.05) is 0 Å². The number of hydrogen-bond donors (Lipinski definition) is 2. The first-order valence-corrected chi connectivity index (χ1v) is 11.2. The molecule has 0 atom stereocenters. The molecule has 0 bridgehead atoms. The molecule has 0 saturated heterocycles. The molecular weight excluding hydrogens is 442 g/mol. The van der Waals surface area contributed by atoms with Crippen molar-refractivity contribution in [1.29, 1.82) is 0 Å². The number of amides is 1. The third-order valence-corrected chi connectivity index (χ3v) is 6.06. The van der Waals surface area contributed by atoms with Gasteiger partial charge >= 0.3 is 12.2 Å². The molecule has 2 heterocycles. The monoisotopic (exact) mass is 463 g/mol. The number of nitrogens with zero attached hydrogens (tertiary/aromatic N) is 1. The lowest BCUT2D eigenvalue weighted by molar-refractivity contribution is 0.175. The van der Waals surface area contributed by atoms with Crippen molar-refractivity contribution in [1.82, 2.24) is 15.8 Å². The average Bonchev–Trinajstić information content (AvgIpc) is 3.28. The Bertz CT molecular complexity index is 1500. The quantitative estimate of drug-likeness (QED) is 0.326. The van der Waals surface area contributed by atoms with Crippen LogP contribution in [0.4, 0.5) is 4.79 Å². The van der Waals surface area contributed by atoms with Crippen LogP contribution in [0.1, 0.15) is 22.3 Å². The number of hydrazine groups is 1. The fourth-order valence-electron chi connectivity index (χ4n) is 4.51. The van der Waals surface area contributed by atoms with Gasteiger partial charge in [-0.15, -0.1) is 0 Å². The molecule has 5 aromatic rings. The minimum atomic E-state index is -0.940. The van der Waals surface area contributed by atoms with Gasteiger partial charge in [-0.2, -0.15) is 4.98 Å². The molecule has 6 rings (SSSR count). The maximum atomic E-state index is 12.9. The summed E-state index contributed by atoms with van der Waals surface area (Å²) < 4.78 is 17.1. The highest BCUT2D eigenvalue weighted by Crippen LogP contribution is 2.49. The lowest BCUT2D eigenvalue weighted by Crippen LogP contribution is -2.55. The SMILES string of the molecule is Cc1ccc2oc(OC(=O)NNC3(c4ccccc4)c4ccccc4Oc4ccccc43)nc2c1.